The van der Waals surface area contributed by atoms with Gasteiger partial charge in [-0.1, -0.05) is 0 Å². The van der Waals surface area contributed by atoms with Gasteiger partial charge in [0.2, 0.25) is 0 Å². The number of H-pyrrole nitrogens is 2. The highest BCUT2D eigenvalue weighted by molar-refractivity contribution is 9.10. The van der Waals surface area contributed by atoms with E-state index in [2.05, 4.69) is 92.9 Å². The molecule has 2 unspecified atom stereocenters. The van der Waals surface area contributed by atoms with Crippen molar-refractivity contribution in [1.82, 2.24) is 44.8 Å². The number of fused-ring (bicyclic) bond motifs is 2. The number of imidazole rings is 2. The monoisotopic (exact) mass is 978 g/mol. The second-order valence-electron chi connectivity index (χ2n) is 14.2. The van der Waals surface area contributed by atoms with Crippen molar-refractivity contribution >= 4 is 76.5 Å². The molecule has 316 valence electrons. The Morgan fingerprint density at radius 2 is 1.32 bits per heavy atom. The van der Waals surface area contributed by atoms with Crippen molar-refractivity contribution < 1.29 is 19.7 Å². The third kappa shape index (κ3) is 11.3. The van der Waals surface area contributed by atoms with Crippen molar-refractivity contribution in [3.05, 3.63) is 117 Å². The molecule has 19 heteroatoms. The first-order valence-corrected chi connectivity index (χ1v) is 22.0. The number of nitrogens with zero attached hydrogens (tertiary/aromatic N) is 9. The van der Waals surface area contributed by atoms with Crippen molar-refractivity contribution in [3.63, 3.8) is 0 Å². The number of piperazine rings is 1. The molecule has 5 N–H and O–H groups in total. The van der Waals surface area contributed by atoms with Gasteiger partial charge in [0.05, 0.1) is 5.56 Å². The zero-order chi connectivity index (χ0) is 42.8. The number of β-amino-alcohol motifs (C(OH)–C–C–N with tert-alkyl or cyclic N) is 1. The first-order chi connectivity index (χ1) is 30.2. The molecule has 1 aliphatic rings. The van der Waals surface area contributed by atoms with Gasteiger partial charge in [0.15, 0.2) is 16.4 Å². The number of aliphatic hydroxyl groups is 2. The Labute approximate surface area is 376 Å². The first-order valence-electron chi connectivity index (χ1n) is 19.6. The molecule has 9 rings (SSSR count). The fourth-order valence-electron chi connectivity index (χ4n) is 6.54. The van der Waals surface area contributed by atoms with Crippen LogP contribution in [-0.2, 0) is 0 Å². The van der Waals surface area contributed by atoms with Gasteiger partial charge in [-0.3, -0.25) is 4.90 Å². The SMILES string of the molecule is N#Cc1ccc(N2CCN(CC(O)COc3ccc(-c4nc5cc(Br)cnc5[nH]4)cc3)CC2)nc1.OC(CNc1nccs1)COc1ccc(-c2nc3cc(Br)cnc3[nH]2)cc1. The zero-order valence-electron chi connectivity index (χ0n) is 33.0. The molecule has 1 fully saturated rings. The van der Waals surface area contributed by atoms with E-state index in [1.165, 1.54) is 11.3 Å². The Morgan fingerprint density at radius 3 is 1.84 bits per heavy atom. The van der Waals surface area contributed by atoms with Crippen LogP contribution in [-0.4, -0.2) is 120 Å². The summed E-state index contributed by atoms with van der Waals surface area (Å²) in [5.41, 5.74) is 5.50. The normalized spacial score (nSPS) is 13.9. The molecular weight excluding hydrogens is 940 g/mol. The summed E-state index contributed by atoms with van der Waals surface area (Å²) < 4.78 is 13.2. The molecule has 2 atom stereocenters. The van der Waals surface area contributed by atoms with E-state index in [-0.39, 0.29) is 13.2 Å². The summed E-state index contributed by atoms with van der Waals surface area (Å²) in [4.78, 5) is 37.1. The predicted octanol–water partition coefficient (Wildman–Crippen LogP) is 6.91. The fourth-order valence-corrected chi connectivity index (χ4v) is 7.72. The van der Waals surface area contributed by atoms with E-state index in [9.17, 15) is 10.2 Å². The lowest BCUT2D eigenvalue weighted by Gasteiger charge is -2.36. The van der Waals surface area contributed by atoms with Crippen molar-refractivity contribution in [2.75, 3.05) is 62.7 Å². The molecule has 0 spiro atoms. The average molecular weight is 981 g/mol. The van der Waals surface area contributed by atoms with Crippen LogP contribution in [0.25, 0.3) is 45.1 Å². The van der Waals surface area contributed by atoms with Crippen molar-refractivity contribution in [3.8, 4) is 40.3 Å². The Kier molecular flexibility index (Phi) is 13.9. The van der Waals surface area contributed by atoms with Gasteiger partial charge in [0, 0.05) is 89.5 Å². The van der Waals surface area contributed by atoms with Crippen LogP contribution in [0.3, 0.4) is 0 Å². The van der Waals surface area contributed by atoms with Crippen LogP contribution in [0.15, 0.2) is 112 Å². The van der Waals surface area contributed by atoms with Gasteiger partial charge in [-0.2, -0.15) is 5.26 Å². The third-order valence-electron chi connectivity index (χ3n) is 9.71. The maximum absolute atomic E-state index is 10.5. The Morgan fingerprint density at radius 1 is 0.742 bits per heavy atom. The minimum Gasteiger partial charge on any atom is -0.491 e. The van der Waals surface area contributed by atoms with Gasteiger partial charge in [-0.05, 0) is 105 Å². The molecule has 1 aliphatic heterocycles. The smallest absolute Gasteiger partial charge is 0.182 e. The van der Waals surface area contributed by atoms with E-state index < -0.39 is 12.2 Å². The zero-order valence-corrected chi connectivity index (χ0v) is 37.0. The number of benzene rings is 2. The summed E-state index contributed by atoms with van der Waals surface area (Å²) in [6.07, 6.45) is 5.56. The maximum atomic E-state index is 10.5. The topological polar surface area (TPSA) is 210 Å². The van der Waals surface area contributed by atoms with Crippen LogP contribution in [0.4, 0.5) is 10.9 Å². The second kappa shape index (κ2) is 20.2. The quantitative estimate of drug-likeness (QED) is 0.0750. The number of ether oxygens (including phenoxy) is 2. The number of nitriles is 1. The minimum absolute atomic E-state index is 0.195. The highest BCUT2D eigenvalue weighted by Gasteiger charge is 2.21. The summed E-state index contributed by atoms with van der Waals surface area (Å²) >= 11 is 8.30. The molecule has 2 aromatic carbocycles. The molecule has 0 radical (unpaired) electrons. The number of anilines is 2. The Bertz CT molecular complexity index is 2720. The Hall–Kier alpha value is -6.01. The number of aromatic nitrogens is 8. The van der Waals surface area contributed by atoms with Crippen LogP contribution < -0.4 is 19.7 Å². The number of hydrogen-bond donors (Lipinski definition) is 5. The highest BCUT2D eigenvalue weighted by Crippen LogP contribution is 2.26. The lowest BCUT2D eigenvalue weighted by atomic mass is 10.2. The number of halogens is 2. The van der Waals surface area contributed by atoms with E-state index >= 15 is 0 Å². The predicted molar refractivity (Wildman–Crippen MR) is 245 cm³/mol. The van der Waals surface area contributed by atoms with E-state index in [1.807, 2.05) is 72.1 Å². The maximum Gasteiger partial charge on any atom is 0.182 e. The molecule has 16 nitrogen and oxygen atoms in total. The van der Waals surface area contributed by atoms with Crippen molar-refractivity contribution in [1.29, 1.82) is 5.26 Å². The first kappa shape index (κ1) is 42.7. The van der Waals surface area contributed by atoms with E-state index in [0.717, 1.165) is 91.2 Å². The van der Waals surface area contributed by atoms with Gasteiger partial charge in [-0.25, -0.2) is 29.9 Å². The van der Waals surface area contributed by atoms with Gasteiger partial charge >= 0.3 is 0 Å². The Balaban J connectivity index is 0.000000176. The van der Waals surface area contributed by atoms with Crippen LogP contribution in [0.5, 0.6) is 11.5 Å². The number of hydrogen-bond acceptors (Lipinski definition) is 15. The second-order valence-corrected chi connectivity index (χ2v) is 16.9. The van der Waals surface area contributed by atoms with Gasteiger partial charge in [-0.15, -0.1) is 11.3 Å². The number of thiazole rings is 1. The van der Waals surface area contributed by atoms with Crippen LogP contribution >= 0.6 is 43.2 Å². The number of rotatable bonds is 14. The summed E-state index contributed by atoms with van der Waals surface area (Å²) in [7, 11) is 0. The average Bonchev–Trinajstić information content (AvgIpc) is 4.08. The largest absolute Gasteiger partial charge is 0.491 e. The van der Waals surface area contributed by atoms with E-state index in [0.29, 0.717) is 30.2 Å². The number of nitrogens with one attached hydrogen (secondary N) is 3. The van der Waals surface area contributed by atoms with Crippen LogP contribution in [0.1, 0.15) is 5.56 Å². The molecule has 0 bridgehead atoms. The standard InChI is InChI=1S/C25H24BrN7O2.C18H16BrN5O2S/c26-19-11-22-25(29-14-19)31-24(30-22)18-2-4-21(5-3-18)35-16-20(34)15-32-7-9-33(10-8-32)23-6-1-17(12-27)13-28-23;19-12-7-15-17(21-8-12)24-16(23-15)11-1-3-14(4-2-11)26-10-13(25)9-22-18-20-5-6-27-18/h1-6,11,13-14,20,34H,7-10,15-16H2,(H,29,30,31);1-8,13,25H,9-10H2,(H,20,22)(H,21,23,24). The van der Waals surface area contributed by atoms with Crippen molar-refractivity contribution in [2.24, 2.45) is 0 Å². The van der Waals surface area contributed by atoms with Gasteiger partial charge < -0.3 is 39.9 Å². The van der Waals surface area contributed by atoms with E-state index in [4.69, 9.17) is 14.7 Å². The number of aliphatic hydroxyl groups excluding tert-OH is 2. The summed E-state index contributed by atoms with van der Waals surface area (Å²) in [6, 6.07) is 24.8. The number of pyridine rings is 3. The molecule has 62 heavy (non-hydrogen) atoms. The van der Waals surface area contributed by atoms with Gasteiger partial charge in [0.25, 0.3) is 0 Å². The highest BCUT2D eigenvalue weighted by atomic mass is 79.9. The van der Waals surface area contributed by atoms with Gasteiger partial charge in [0.1, 0.15) is 71.5 Å². The molecule has 6 aromatic heterocycles. The molecule has 0 aliphatic carbocycles. The molecule has 1 saturated heterocycles. The van der Waals surface area contributed by atoms with Crippen LogP contribution in [0.2, 0.25) is 0 Å². The van der Waals surface area contributed by atoms with Crippen molar-refractivity contribution in [2.45, 2.75) is 12.2 Å². The van der Waals surface area contributed by atoms with Crippen LogP contribution in [0, 0.1) is 11.3 Å². The lowest BCUT2D eigenvalue weighted by molar-refractivity contribution is 0.0662. The summed E-state index contributed by atoms with van der Waals surface area (Å²) in [5.74, 6) is 3.75. The summed E-state index contributed by atoms with van der Waals surface area (Å²) in [6.45, 7) is 4.65. The molecule has 0 saturated carbocycles. The molecule has 0 amide bonds. The molecular formula is C43H40Br2N12O4S. The summed E-state index contributed by atoms with van der Waals surface area (Å²) in [5, 5.41) is 35.1. The minimum atomic E-state index is -0.631. The third-order valence-corrected chi connectivity index (χ3v) is 11.3. The van der Waals surface area contributed by atoms with E-state index in [1.54, 1.807) is 30.9 Å². The molecule has 8 aromatic rings. The number of aromatic amines is 2. The molecule has 7 heterocycles. The lowest BCUT2D eigenvalue weighted by Crippen LogP contribution is -2.49. The fraction of sp³-hybridized carbons (Fsp3) is 0.233.